The van der Waals surface area contributed by atoms with E-state index in [1.54, 1.807) is 0 Å². The predicted molar refractivity (Wildman–Crippen MR) is 75.7 cm³/mol. The molecule has 4 N–H and O–H groups in total. The SMILES string of the molecule is CC(C)CNC(=O)CCNS(=O)(=O)N(C)CCCN. The summed E-state index contributed by atoms with van der Waals surface area (Å²) in [6.07, 6.45) is 0.739. The molecule has 1 amide bonds. The first-order valence-electron chi connectivity index (χ1n) is 6.47. The molecule has 0 aromatic heterocycles. The maximum atomic E-state index is 11.7. The molecule has 0 aliphatic rings. The summed E-state index contributed by atoms with van der Waals surface area (Å²) in [4.78, 5) is 11.4. The number of nitrogens with zero attached hydrogens (tertiary/aromatic N) is 1. The van der Waals surface area contributed by atoms with Gasteiger partial charge >= 0.3 is 0 Å². The van der Waals surface area contributed by atoms with Crippen LogP contribution in [0, 0.1) is 5.92 Å². The highest BCUT2D eigenvalue weighted by molar-refractivity contribution is 7.87. The molecular weight excluding hydrogens is 268 g/mol. The van der Waals surface area contributed by atoms with Crippen molar-refractivity contribution in [3.63, 3.8) is 0 Å². The van der Waals surface area contributed by atoms with Gasteiger partial charge in [0.25, 0.3) is 10.2 Å². The largest absolute Gasteiger partial charge is 0.356 e. The molecule has 0 spiro atoms. The molecule has 8 heteroatoms. The first kappa shape index (κ1) is 18.3. The minimum Gasteiger partial charge on any atom is -0.356 e. The number of nitrogens with two attached hydrogens (primary N) is 1. The predicted octanol–water partition coefficient (Wildman–Crippen LogP) is -0.736. The van der Waals surface area contributed by atoms with E-state index in [9.17, 15) is 13.2 Å². The van der Waals surface area contributed by atoms with E-state index in [0.717, 1.165) is 0 Å². The number of carbonyl (C=O) groups excluding carboxylic acids is 1. The molecule has 0 aliphatic heterocycles. The van der Waals surface area contributed by atoms with Crippen LogP contribution in [0.5, 0.6) is 0 Å². The minimum atomic E-state index is -3.51. The highest BCUT2D eigenvalue weighted by Gasteiger charge is 2.16. The minimum absolute atomic E-state index is 0.0965. The van der Waals surface area contributed by atoms with Crippen molar-refractivity contribution in [1.29, 1.82) is 0 Å². The third-order valence-electron chi connectivity index (χ3n) is 2.43. The number of carbonyl (C=O) groups is 1. The van der Waals surface area contributed by atoms with Crippen LogP contribution in [-0.4, -0.2) is 51.9 Å². The second-order valence-corrected chi connectivity index (χ2v) is 6.67. The van der Waals surface area contributed by atoms with Gasteiger partial charge in [-0.15, -0.1) is 0 Å². The molecule has 0 fully saturated rings. The third-order valence-corrected chi connectivity index (χ3v) is 4.00. The molecule has 0 saturated carbocycles. The number of amides is 1. The smallest absolute Gasteiger partial charge is 0.279 e. The second-order valence-electron chi connectivity index (χ2n) is 4.81. The number of nitrogens with one attached hydrogen (secondary N) is 2. The summed E-state index contributed by atoms with van der Waals surface area (Å²) in [6, 6.07) is 0. The zero-order valence-electron chi connectivity index (χ0n) is 12.0. The lowest BCUT2D eigenvalue weighted by atomic mass is 10.2. The van der Waals surface area contributed by atoms with Gasteiger partial charge in [-0.1, -0.05) is 13.8 Å². The van der Waals surface area contributed by atoms with Crippen LogP contribution >= 0.6 is 0 Å². The van der Waals surface area contributed by atoms with Gasteiger partial charge in [0.05, 0.1) is 0 Å². The van der Waals surface area contributed by atoms with Crippen molar-refractivity contribution in [3.05, 3.63) is 0 Å². The van der Waals surface area contributed by atoms with E-state index in [0.29, 0.717) is 32.0 Å². The van der Waals surface area contributed by atoms with Crippen LogP contribution in [0.15, 0.2) is 0 Å². The monoisotopic (exact) mass is 294 g/mol. The fraction of sp³-hybridized carbons (Fsp3) is 0.909. The molecule has 0 heterocycles. The van der Waals surface area contributed by atoms with E-state index in [1.807, 2.05) is 13.8 Å². The van der Waals surface area contributed by atoms with Gasteiger partial charge in [-0.25, -0.2) is 4.72 Å². The lowest BCUT2D eigenvalue weighted by Gasteiger charge is -2.17. The van der Waals surface area contributed by atoms with Crippen LogP contribution in [0.1, 0.15) is 26.7 Å². The first-order valence-corrected chi connectivity index (χ1v) is 7.91. The molecule has 0 rings (SSSR count). The summed E-state index contributed by atoms with van der Waals surface area (Å²) >= 11 is 0. The molecule has 0 bridgehead atoms. The van der Waals surface area contributed by atoms with Crippen LogP contribution < -0.4 is 15.8 Å². The molecule has 114 valence electrons. The van der Waals surface area contributed by atoms with Crippen molar-refractivity contribution < 1.29 is 13.2 Å². The summed E-state index contributed by atoms with van der Waals surface area (Å²) in [6.45, 7) is 5.49. The summed E-state index contributed by atoms with van der Waals surface area (Å²) < 4.78 is 27.0. The van der Waals surface area contributed by atoms with Gasteiger partial charge in [0, 0.05) is 33.1 Å². The van der Waals surface area contributed by atoms with E-state index in [2.05, 4.69) is 10.0 Å². The maximum Gasteiger partial charge on any atom is 0.279 e. The van der Waals surface area contributed by atoms with Crippen LogP contribution in [0.3, 0.4) is 0 Å². The average Bonchev–Trinajstić information content (AvgIpc) is 2.33. The Hall–Kier alpha value is -0.700. The standard InChI is InChI=1S/C11H26N4O3S/c1-10(2)9-13-11(16)5-7-14-19(17,18)15(3)8-4-6-12/h10,14H,4-9,12H2,1-3H3,(H,13,16). The van der Waals surface area contributed by atoms with Crippen molar-refractivity contribution in [1.82, 2.24) is 14.3 Å². The normalized spacial score (nSPS) is 12.1. The zero-order valence-corrected chi connectivity index (χ0v) is 12.8. The van der Waals surface area contributed by atoms with Crippen molar-refractivity contribution >= 4 is 16.1 Å². The Morgan fingerprint density at radius 3 is 2.53 bits per heavy atom. The molecule has 0 saturated heterocycles. The third kappa shape index (κ3) is 8.93. The van der Waals surface area contributed by atoms with Crippen LogP contribution in [0.2, 0.25) is 0 Å². The molecule has 0 unspecified atom stereocenters. The van der Waals surface area contributed by atoms with Crippen LogP contribution in [0.4, 0.5) is 0 Å². The van der Waals surface area contributed by atoms with E-state index in [1.165, 1.54) is 11.4 Å². The van der Waals surface area contributed by atoms with Gasteiger partial charge in [-0.05, 0) is 18.9 Å². The van der Waals surface area contributed by atoms with Crippen molar-refractivity contribution in [2.75, 3.05) is 33.2 Å². The average molecular weight is 294 g/mol. The molecule has 7 nitrogen and oxygen atoms in total. The molecule has 19 heavy (non-hydrogen) atoms. The van der Waals surface area contributed by atoms with Gasteiger partial charge in [0.1, 0.15) is 0 Å². The fourth-order valence-corrected chi connectivity index (χ4v) is 2.19. The topological polar surface area (TPSA) is 105 Å². The number of rotatable bonds is 10. The van der Waals surface area contributed by atoms with Gasteiger partial charge in [0.15, 0.2) is 0 Å². The number of hydrogen-bond acceptors (Lipinski definition) is 4. The summed E-state index contributed by atoms with van der Waals surface area (Å²) in [7, 11) is -2.03. The van der Waals surface area contributed by atoms with Crippen molar-refractivity contribution in [2.24, 2.45) is 11.7 Å². The van der Waals surface area contributed by atoms with Crippen molar-refractivity contribution in [2.45, 2.75) is 26.7 Å². The Balaban J connectivity index is 3.95. The van der Waals surface area contributed by atoms with E-state index in [4.69, 9.17) is 5.73 Å². The number of hydrogen-bond donors (Lipinski definition) is 3. The fourth-order valence-electron chi connectivity index (χ4n) is 1.24. The van der Waals surface area contributed by atoms with Crippen LogP contribution in [0.25, 0.3) is 0 Å². The van der Waals surface area contributed by atoms with Gasteiger partial charge in [-0.2, -0.15) is 12.7 Å². The quantitative estimate of drug-likeness (QED) is 0.494. The Labute approximate surface area is 116 Å². The van der Waals surface area contributed by atoms with Gasteiger partial charge < -0.3 is 11.1 Å². The molecule has 0 aliphatic carbocycles. The van der Waals surface area contributed by atoms with Gasteiger partial charge in [-0.3, -0.25) is 4.79 Å². The zero-order chi connectivity index (χ0) is 14.9. The molecular formula is C11H26N4O3S. The maximum absolute atomic E-state index is 11.7. The lowest BCUT2D eigenvalue weighted by Crippen LogP contribution is -2.40. The Kier molecular flexibility index (Phi) is 8.90. The highest BCUT2D eigenvalue weighted by Crippen LogP contribution is 1.95. The Morgan fingerprint density at radius 2 is 2.00 bits per heavy atom. The van der Waals surface area contributed by atoms with Crippen LogP contribution in [-0.2, 0) is 15.0 Å². The Bertz CT molecular complexity index is 357. The van der Waals surface area contributed by atoms with E-state index >= 15 is 0 Å². The molecule has 0 radical (unpaired) electrons. The van der Waals surface area contributed by atoms with Gasteiger partial charge in [0.2, 0.25) is 5.91 Å². The summed E-state index contributed by atoms with van der Waals surface area (Å²) in [5.74, 6) is 0.226. The lowest BCUT2D eigenvalue weighted by molar-refractivity contribution is -0.121. The summed E-state index contributed by atoms with van der Waals surface area (Å²) in [5, 5.41) is 2.73. The van der Waals surface area contributed by atoms with E-state index < -0.39 is 10.2 Å². The Morgan fingerprint density at radius 1 is 1.37 bits per heavy atom. The molecule has 0 aromatic rings. The molecule has 0 atom stereocenters. The first-order chi connectivity index (χ1) is 8.79. The highest BCUT2D eigenvalue weighted by atomic mass is 32.2. The van der Waals surface area contributed by atoms with E-state index in [-0.39, 0.29) is 18.9 Å². The second kappa shape index (κ2) is 9.24. The summed E-state index contributed by atoms with van der Waals surface area (Å²) in [5.41, 5.74) is 5.32. The van der Waals surface area contributed by atoms with Crippen molar-refractivity contribution in [3.8, 4) is 0 Å². The molecule has 0 aromatic carbocycles.